The molecule has 0 unspecified atom stereocenters. The van der Waals surface area contributed by atoms with Gasteiger partial charge in [0.2, 0.25) is 11.7 Å². The van der Waals surface area contributed by atoms with Crippen molar-refractivity contribution in [3.05, 3.63) is 46.6 Å². The Morgan fingerprint density at radius 3 is 2.48 bits per heavy atom. The molecule has 1 aromatic heterocycles. The van der Waals surface area contributed by atoms with Gasteiger partial charge in [0.05, 0.1) is 5.39 Å². The van der Waals surface area contributed by atoms with Gasteiger partial charge < -0.3 is 39.4 Å². The summed E-state index contributed by atoms with van der Waals surface area (Å²) >= 11 is 0. The molecular formula is C19H16O10. The molecule has 4 rings (SSSR count). The van der Waals surface area contributed by atoms with Gasteiger partial charge in [-0.15, -0.1) is 0 Å². The Balaban J connectivity index is 1.72. The normalized spacial score (nSPS) is 27.2. The van der Waals surface area contributed by atoms with Crippen molar-refractivity contribution in [2.45, 2.75) is 30.7 Å². The molecule has 5 atom stereocenters. The lowest BCUT2D eigenvalue weighted by Gasteiger charge is -2.38. The molecule has 2 aromatic carbocycles. The highest BCUT2D eigenvalue weighted by molar-refractivity contribution is 5.93. The number of aromatic hydroxyl groups is 1. The molecule has 152 valence electrons. The summed E-state index contributed by atoms with van der Waals surface area (Å²) in [5.41, 5.74) is -0.109. The average molecular weight is 404 g/mol. The van der Waals surface area contributed by atoms with Gasteiger partial charge >= 0.3 is 5.97 Å². The average Bonchev–Trinajstić information content (AvgIpc) is 2.68. The first-order valence-electron chi connectivity index (χ1n) is 8.55. The number of carbonyl (C=O) groups is 1. The summed E-state index contributed by atoms with van der Waals surface area (Å²) in [5, 5.41) is 48.7. The van der Waals surface area contributed by atoms with Crippen LogP contribution < -0.4 is 10.2 Å². The molecule has 3 aromatic rings. The number of aliphatic hydroxyl groups is 3. The van der Waals surface area contributed by atoms with E-state index in [1.165, 1.54) is 36.4 Å². The molecule has 10 heteroatoms. The molecule has 1 saturated heterocycles. The fraction of sp³-hybridized carbons (Fsp3) is 0.263. The molecule has 5 N–H and O–H groups in total. The third kappa shape index (κ3) is 3.17. The van der Waals surface area contributed by atoms with E-state index in [1.807, 2.05) is 0 Å². The van der Waals surface area contributed by atoms with Crippen LogP contribution in [-0.2, 0) is 9.53 Å². The quantitative estimate of drug-likeness (QED) is 0.373. The van der Waals surface area contributed by atoms with Crippen molar-refractivity contribution < 1.29 is 44.2 Å². The molecular weight excluding hydrogens is 388 g/mol. The van der Waals surface area contributed by atoms with E-state index >= 15 is 0 Å². The van der Waals surface area contributed by atoms with Gasteiger partial charge in [-0.3, -0.25) is 4.79 Å². The number of carboxylic acids is 1. The summed E-state index contributed by atoms with van der Waals surface area (Å²) in [7, 11) is 0. The van der Waals surface area contributed by atoms with Crippen molar-refractivity contribution in [3.63, 3.8) is 0 Å². The summed E-state index contributed by atoms with van der Waals surface area (Å²) in [5.74, 6) is -1.79. The number of rotatable bonds is 3. The monoisotopic (exact) mass is 404 g/mol. The lowest BCUT2D eigenvalue weighted by Crippen LogP contribution is -2.61. The van der Waals surface area contributed by atoms with Gasteiger partial charge in [-0.2, -0.15) is 0 Å². The zero-order valence-electron chi connectivity index (χ0n) is 14.6. The summed E-state index contributed by atoms with van der Waals surface area (Å²) < 4.78 is 16.1. The molecule has 0 saturated carbocycles. The Hall–Kier alpha value is -3.18. The van der Waals surface area contributed by atoms with E-state index in [-0.39, 0.29) is 33.4 Å². The minimum Gasteiger partial charge on any atom is -0.507 e. The molecule has 2 heterocycles. The molecule has 1 aliphatic rings. The summed E-state index contributed by atoms with van der Waals surface area (Å²) in [6.45, 7) is 0. The third-order valence-corrected chi connectivity index (χ3v) is 4.71. The van der Waals surface area contributed by atoms with Crippen LogP contribution in [0.1, 0.15) is 0 Å². The first-order valence-corrected chi connectivity index (χ1v) is 8.55. The van der Waals surface area contributed by atoms with Crippen LogP contribution in [0.15, 0.2) is 45.6 Å². The number of ether oxygens (including phenoxy) is 2. The Bertz CT molecular complexity index is 1150. The second kappa shape index (κ2) is 7.01. The Kier molecular flexibility index (Phi) is 4.63. The fourth-order valence-electron chi connectivity index (χ4n) is 3.22. The highest BCUT2D eigenvalue weighted by Crippen LogP contribution is 2.29. The maximum atomic E-state index is 12.7. The third-order valence-electron chi connectivity index (χ3n) is 4.71. The molecule has 0 spiro atoms. The molecule has 29 heavy (non-hydrogen) atoms. The van der Waals surface area contributed by atoms with Crippen LogP contribution in [0, 0.1) is 0 Å². The van der Waals surface area contributed by atoms with Gasteiger partial charge in [0.25, 0.3) is 0 Å². The van der Waals surface area contributed by atoms with E-state index in [1.54, 1.807) is 0 Å². The number of benzene rings is 2. The van der Waals surface area contributed by atoms with Crippen LogP contribution in [-0.4, -0.2) is 62.2 Å². The van der Waals surface area contributed by atoms with E-state index in [4.69, 9.17) is 19.0 Å². The van der Waals surface area contributed by atoms with E-state index in [0.717, 1.165) is 0 Å². The van der Waals surface area contributed by atoms with Crippen molar-refractivity contribution in [1.29, 1.82) is 0 Å². The summed E-state index contributed by atoms with van der Waals surface area (Å²) in [6.07, 6.45) is -8.84. The Labute approximate surface area is 161 Å². The van der Waals surface area contributed by atoms with Crippen LogP contribution in [0.25, 0.3) is 21.9 Å². The largest absolute Gasteiger partial charge is 0.507 e. The lowest BCUT2D eigenvalue weighted by atomic mass is 9.99. The first-order chi connectivity index (χ1) is 13.8. The number of aliphatic carboxylic acids is 1. The first kappa shape index (κ1) is 19.2. The Morgan fingerprint density at radius 1 is 1.00 bits per heavy atom. The van der Waals surface area contributed by atoms with E-state index in [0.29, 0.717) is 0 Å². The number of fused-ring (bicyclic) bond motifs is 2. The maximum absolute atomic E-state index is 12.7. The van der Waals surface area contributed by atoms with Crippen molar-refractivity contribution in [2.24, 2.45) is 0 Å². The van der Waals surface area contributed by atoms with Gasteiger partial charge in [-0.1, -0.05) is 6.07 Å². The van der Waals surface area contributed by atoms with Gasteiger partial charge in [0.1, 0.15) is 46.4 Å². The summed E-state index contributed by atoms with van der Waals surface area (Å²) in [4.78, 5) is 23.9. The smallest absolute Gasteiger partial charge is 0.335 e. The molecule has 10 nitrogen and oxygen atoms in total. The maximum Gasteiger partial charge on any atom is 0.335 e. The number of hydrogen-bond acceptors (Lipinski definition) is 9. The zero-order chi connectivity index (χ0) is 20.9. The van der Waals surface area contributed by atoms with Crippen LogP contribution in [0.4, 0.5) is 0 Å². The SMILES string of the molecule is O=C(O)[C@@H]1O[C@H](Oc2ccc3oc4cccc(O)c4c(=O)c3c2)[C@@H](O)[C@H](O)[C@H]1O. The van der Waals surface area contributed by atoms with Gasteiger partial charge in [0, 0.05) is 0 Å². The molecule has 0 radical (unpaired) electrons. The summed E-state index contributed by atoms with van der Waals surface area (Å²) in [6, 6.07) is 8.50. The number of carboxylic acid groups (broad SMARTS) is 1. The fourth-order valence-corrected chi connectivity index (χ4v) is 3.22. The van der Waals surface area contributed by atoms with Crippen molar-refractivity contribution in [2.75, 3.05) is 0 Å². The molecule has 1 fully saturated rings. The minimum absolute atomic E-state index is 0.0105. The predicted octanol–water partition coefficient (Wildman–Crippen LogP) is -0.0772. The van der Waals surface area contributed by atoms with Crippen molar-refractivity contribution in [3.8, 4) is 11.5 Å². The molecule has 0 bridgehead atoms. The van der Waals surface area contributed by atoms with Crippen molar-refractivity contribution >= 4 is 27.9 Å². The van der Waals surface area contributed by atoms with Crippen LogP contribution in [0.2, 0.25) is 0 Å². The number of phenols is 1. The van der Waals surface area contributed by atoms with Crippen LogP contribution >= 0.6 is 0 Å². The standard InChI is InChI=1S/C19H16O10/c20-9-2-1-3-11-12(9)13(21)8-6-7(4-5-10(8)28-11)27-19-16(24)14(22)15(23)17(29-19)18(25)26/h1-6,14-17,19-20,22-24H,(H,25,26)/t14-,15-,16+,17-,19+/m1/s1. The van der Waals surface area contributed by atoms with Gasteiger partial charge in [-0.05, 0) is 30.3 Å². The molecule has 0 aliphatic carbocycles. The Morgan fingerprint density at radius 2 is 1.76 bits per heavy atom. The van der Waals surface area contributed by atoms with Gasteiger partial charge in [-0.25, -0.2) is 4.79 Å². The lowest BCUT2D eigenvalue weighted by molar-refractivity contribution is -0.271. The second-order valence-corrected chi connectivity index (χ2v) is 6.59. The van der Waals surface area contributed by atoms with Crippen LogP contribution in [0.5, 0.6) is 11.5 Å². The zero-order valence-corrected chi connectivity index (χ0v) is 14.6. The number of phenolic OH excluding ortho intramolecular Hbond substituents is 1. The highest BCUT2D eigenvalue weighted by atomic mass is 16.7. The number of aliphatic hydroxyl groups excluding tert-OH is 3. The molecule has 0 amide bonds. The second-order valence-electron chi connectivity index (χ2n) is 6.59. The van der Waals surface area contributed by atoms with Crippen molar-refractivity contribution in [1.82, 2.24) is 0 Å². The minimum atomic E-state index is -1.85. The van der Waals surface area contributed by atoms with E-state index in [2.05, 4.69) is 0 Å². The van der Waals surface area contributed by atoms with E-state index in [9.17, 15) is 30.0 Å². The molecule has 1 aliphatic heterocycles. The van der Waals surface area contributed by atoms with Gasteiger partial charge in [0.15, 0.2) is 6.10 Å². The van der Waals surface area contributed by atoms with Crippen LogP contribution in [0.3, 0.4) is 0 Å². The topological polar surface area (TPSA) is 167 Å². The number of hydrogen-bond donors (Lipinski definition) is 5. The van der Waals surface area contributed by atoms with E-state index < -0.39 is 42.1 Å². The highest BCUT2D eigenvalue weighted by Gasteiger charge is 2.48. The predicted molar refractivity (Wildman–Crippen MR) is 96.6 cm³/mol.